The average Bonchev–Trinajstić information content (AvgIpc) is 2.76. The van der Waals surface area contributed by atoms with E-state index in [4.69, 9.17) is 5.73 Å². The number of carbonyl (C=O) groups is 1. The van der Waals surface area contributed by atoms with E-state index in [1.54, 1.807) is 13.2 Å². The Hall–Kier alpha value is -2.33. The van der Waals surface area contributed by atoms with Gasteiger partial charge in [0.2, 0.25) is 0 Å². The number of anilines is 2. The van der Waals surface area contributed by atoms with Gasteiger partial charge in [-0.15, -0.1) is 10.2 Å². The molecule has 2 aromatic rings. The summed E-state index contributed by atoms with van der Waals surface area (Å²) in [5, 5.41) is 11.1. The third-order valence-corrected chi connectivity index (χ3v) is 2.84. The fraction of sp³-hybridized carbons (Fsp3) is 0.111. The molecule has 2 rings (SSSR count). The third kappa shape index (κ3) is 2.74. The molecule has 19 heavy (non-hydrogen) atoms. The van der Waals surface area contributed by atoms with E-state index in [9.17, 15) is 13.6 Å². The van der Waals surface area contributed by atoms with Crippen molar-refractivity contribution in [2.45, 2.75) is 0 Å². The molecule has 0 bridgehead atoms. The van der Waals surface area contributed by atoms with Gasteiger partial charge in [-0.1, -0.05) is 0 Å². The van der Waals surface area contributed by atoms with E-state index in [-0.39, 0.29) is 17.3 Å². The lowest BCUT2D eigenvalue weighted by Crippen LogP contribution is -2.22. The number of nitrogens with zero attached hydrogens (tertiary/aromatic N) is 5. The summed E-state index contributed by atoms with van der Waals surface area (Å²) in [5.74, 6) is -0.569. The maximum Gasteiger partial charge on any atom is 0.269 e. The first-order chi connectivity index (χ1) is 8.99. The second kappa shape index (κ2) is 5.12. The molecule has 0 aliphatic heterocycles. The largest absolute Gasteiger partial charge is 0.755 e. The van der Waals surface area contributed by atoms with Crippen LogP contribution in [0.5, 0.6) is 0 Å². The highest BCUT2D eigenvalue weighted by molar-refractivity contribution is 7.81. The zero-order chi connectivity index (χ0) is 14.0. The number of amides is 1. The predicted molar refractivity (Wildman–Crippen MR) is 64.8 cm³/mol. The van der Waals surface area contributed by atoms with Crippen LogP contribution in [0.4, 0.5) is 11.6 Å². The van der Waals surface area contributed by atoms with Crippen LogP contribution < -0.4 is 10.0 Å². The Morgan fingerprint density at radius 2 is 2.11 bits per heavy atom. The zero-order valence-electron chi connectivity index (χ0n) is 9.76. The molecule has 0 spiro atoms. The highest BCUT2D eigenvalue weighted by Gasteiger charge is 2.15. The minimum atomic E-state index is -2.62. The first kappa shape index (κ1) is 13.1. The van der Waals surface area contributed by atoms with Crippen LogP contribution in [0.3, 0.4) is 0 Å². The Labute approximate surface area is 110 Å². The number of hydrogen-bond donors (Lipinski definition) is 1. The van der Waals surface area contributed by atoms with Crippen molar-refractivity contribution in [3.8, 4) is 0 Å². The van der Waals surface area contributed by atoms with Crippen LogP contribution in [0.15, 0.2) is 24.4 Å². The summed E-state index contributed by atoms with van der Waals surface area (Å²) in [6, 6.07) is 4.10. The molecular weight excluding hydrogens is 272 g/mol. The SMILES string of the molecule is Cn1ccc(N(c2ccc(C(N)=O)nn2)S(=O)[O-])n1. The van der Waals surface area contributed by atoms with Crippen LogP contribution >= 0.6 is 0 Å². The Bertz CT molecular complexity index is 625. The summed E-state index contributed by atoms with van der Waals surface area (Å²) in [6.07, 6.45) is 1.58. The van der Waals surface area contributed by atoms with Crippen LogP contribution in [-0.2, 0) is 18.3 Å². The standard InChI is InChI=1S/C9H10N6O3S/c1-14-5-4-8(13-14)15(19(17)18)7-3-2-6(9(10)16)11-12-7/h2-5H,1H3,(H2,10,16)(H,17,18)/p-1. The van der Waals surface area contributed by atoms with Gasteiger partial charge < -0.3 is 10.3 Å². The fourth-order valence-electron chi connectivity index (χ4n) is 1.35. The average molecular weight is 281 g/mol. The maximum atomic E-state index is 11.2. The summed E-state index contributed by atoms with van der Waals surface area (Å²) in [7, 11) is 1.65. The van der Waals surface area contributed by atoms with Gasteiger partial charge in [0, 0.05) is 19.3 Å². The molecule has 0 saturated heterocycles. The van der Waals surface area contributed by atoms with Gasteiger partial charge in [-0.2, -0.15) is 5.10 Å². The Balaban J connectivity index is 2.40. The molecule has 10 heteroatoms. The Morgan fingerprint density at radius 1 is 1.37 bits per heavy atom. The summed E-state index contributed by atoms with van der Waals surface area (Å²) < 4.78 is 24.8. The monoisotopic (exact) mass is 281 g/mol. The van der Waals surface area contributed by atoms with E-state index in [1.165, 1.54) is 22.9 Å². The molecule has 0 radical (unpaired) electrons. The van der Waals surface area contributed by atoms with Crippen molar-refractivity contribution in [1.82, 2.24) is 20.0 Å². The predicted octanol–water partition coefficient (Wildman–Crippen LogP) is -0.759. The van der Waals surface area contributed by atoms with Crippen molar-refractivity contribution in [3.05, 3.63) is 30.1 Å². The van der Waals surface area contributed by atoms with Gasteiger partial charge in [0.1, 0.15) is 0 Å². The molecule has 100 valence electrons. The van der Waals surface area contributed by atoms with Crippen LogP contribution in [0.25, 0.3) is 0 Å². The second-order valence-corrected chi connectivity index (χ2v) is 4.30. The smallest absolute Gasteiger partial charge is 0.269 e. The number of aromatic nitrogens is 4. The van der Waals surface area contributed by atoms with E-state index in [0.29, 0.717) is 0 Å². The summed E-state index contributed by atoms with van der Waals surface area (Å²) in [4.78, 5) is 10.9. The second-order valence-electron chi connectivity index (χ2n) is 3.50. The highest BCUT2D eigenvalue weighted by atomic mass is 32.2. The topological polar surface area (TPSA) is 130 Å². The van der Waals surface area contributed by atoms with Crippen molar-refractivity contribution >= 4 is 28.8 Å². The zero-order valence-corrected chi connectivity index (χ0v) is 10.6. The summed E-state index contributed by atoms with van der Waals surface area (Å²) in [5.41, 5.74) is 4.97. The van der Waals surface area contributed by atoms with Crippen molar-refractivity contribution < 1.29 is 13.6 Å². The Morgan fingerprint density at radius 3 is 2.53 bits per heavy atom. The van der Waals surface area contributed by atoms with Crippen molar-refractivity contribution in [1.29, 1.82) is 0 Å². The highest BCUT2D eigenvalue weighted by Crippen LogP contribution is 2.22. The number of aryl methyl sites for hydroxylation is 1. The molecule has 9 nitrogen and oxygen atoms in total. The van der Waals surface area contributed by atoms with E-state index in [1.807, 2.05) is 0 Å². The van der Waals surface area contributed by atoms with Gasteiger partial charge in [-0.05, 0) is 12.1 Å². The first-order valence-electron chi connectivity index (χ1n) is 5.01. The molecule has 1 unspecified atom stereocenters. The van der Waals surface area contributed by atoms with Gasteiger partial charge in [0.15, 0.2) is 17.3 Å². The quantitative estimate of drug-likeness (QED) is 0.733. The van der Waals surface area contributed by atoms with Crippen LogP contribution in [0, 0.1) is 0 Å². The van der Waals surface area contributed by atoms with Gasteiger partial charge >= 0.3 is 0 Å². The number of nitrogens with two attached hydrogens (primary N) is 1. The number of primary amides is 1. The van der Waals surface area contributed by atoms with E-state index >= 15 is 0 Å². The van der Waals surface area contributed by atoms with E-state index in [2.05, 4.69) is 15.3 Å². The molecule has 2 heterocycles. The van der Waals surface area contributed by atoms with Crippen molar-refractivity contribution in [2.24, 2.45) is 12.8 Å². The molecular formula is C9H9N6O3S-. The minimum absolute atomic E-state index is 0.0111. The molecule has 0 aliphatic carbocycles. The molecule has 0 aromatic carbocycles. The summed E-state index contributed by atoms with van der Waals surface area (Å²) in [6.45, 7) is 0. The van der Waals surface area contributed by atoms with Crippen molar-refractivity contribution in [2.75, 3.05) is 4.31 Å². The lowest BCUT2D eigenvalue weighted by molar-refractivity contribution is 0.0994. The van der Waals surface area contributed by atoms with Gasteiger partial charge in [0.25, 0.3) is 5.91 Å². The van der Waals surface area contributed by atoms with Crippen molar-refractivity contribution in [3.63, 3.8) is 0 Å². The molecule has 1 amide bonds. The third-order valence-electron chi connectivity index (χ3n) is 2.17. The number of hydrogen-bond acceptors (Lipinski definition) is 6. The minimum Gasteiger partial charge on any atom is -0.755 e. The normalized spacial score (nSPS) is 12.1. The van der Waals surface area contributed by atoms with E-state index in [0.717, 1.165) is 4.31 Å². The summed E-state index contributed by atoms with van der Waals surface area (Å²) >= 11 is -2.62. The lowest BCUT2D eigenvalue weighted by Gasteiger charge is -2.22. The molecule has 0 saturated carbocycles. The number of rotatable bonds is 4. The molecule has 2 aromatic heterocycles. The van der Waals surface area contributed by atoms with Crippen LogP contribution in [0.1, 0.15) is 10.5 Å². The fourth-order valence-corrected chi connectivity index (χ4v) is 1.85. The van der Waals surface area contributed by atoms with Gasteiger partial charge in [0.05, 0.1) is 11.3 Å². The number of carbonyl (C=O) groups excluding carboxylic acids is 1. The Kier molecular flexibility index (Phi) is 3.53. The van der Waals surface area contributed by atoms with Crippen LogP contribution in [-0.4, -0.2) is 34.6 Å². The van der Waals surface area contributed by atoms with Gasteiger partial charge in [-0.25, -0.2) is 4.31 Å². The molecule has 0 aliphatic rings. The molecule has 0 fully saturated rings. The van der Waals surface area contributed by atoms with Crippen LogP contribution in [0.2, 0.25) is 0 Å². The molecule has 1 atom stereocenters. The molecule has 2 N–H and O–H groups in total. The van der Waals surface area contributed by atoms with E-state index < -0.39 is 17.2 Å². The first-order valence-corrected chi connectivity index (χ1v) is 6.05. The lowest BCUT2D eigenvalue weighted by atomic mass is 10.4. The van der Waals surface area contributed by atoms with Gasteiger partial charge in [-0.3, -0.25) is 13.7 Å². The maximum absolute atomic E-state index is 11.2.